The molecule has 0 atom stereocenters. The van der Waals surface area contributed by atoms with E-state index in [-0.39, 0.29) is 0 Å². The first-order valence-electron chi connectivity index (χ1n) is 6.62. The van der Waals surface area contributed by atoms with Gasteiger partial charge in [0.15, 0.2) is 0 Å². The van der Waals surface area contributed by atoms with Crippen LogP contribution in [0.1, 0.15) is 65.2 Å². The van der Waals surface area contributed by atoms with Crippen molar-refractivity contribution in [3.05, 3.63) is 0 Å². The Bertz CT molecular complexity index is 89.4. The average molecular weight is 258 g/mol. The van der Waals surface area contributed by atoms with Crippen LogP contribution in [0.3, 0.4) is 0 Å². The third kappa shape index (κ3) is 10.6. The first-order chi connectivity index (χ1) is 6.81. The summed E-state index contributed by atoms with van der Waals surface area (Å²) in [4.78, 5) is 0. The van der Waals surface area contributed by atoms with Crippen molar-refractivity contribution in [2.45, 2.75) is 81.5 Å². The van der Waals surface area contributed by atoms with Crippen LogP contribution in [0, 0.1) is 0 Å². The minimum absolute atomic E-state index is 0.540. The molecule has 0 spiro atoms. The van der Waals surface area contributed by atoms with Gasteiger partial charge in [0.05, 0.1) is 0 Å². The minimum atomic E-state index is -0.540. The molecule has 1 heteroatoms. The zero-order chi connectivity index (χ0) is 10.6. The molecule has 0 bridgehead atoms. The second kappa shape index (κ2) is 11.6. The van der Waals surface area contributed by atoms with Gasteiger partial charge in [-0.3, -0.25) is 0 Å². The van der Waals surface area contributed by atoms with Crippen LogP contribution < -0.4 is 0 Å². The Kier molecular flexibility index (Phi) is 12.1. The summed E-state index contributed by atoms with van der Waals surface area (Å²) in [6.07, 6.45) is 11.8. The molecular weight excluding hydrogens is 229 g/mol. The molecule has 85 valence electrons. The van der Waals surface area contributed by atoms with Gasteiger partial charge < -0.3 is 0 Å². The summed E-state index contributed by atoms with van der Waals surface area (Å²) in [7, 11) is 0. The van der Waals surface area contributed by atoms with Crippen LogP contribution in [0.15, 0.2) is 0 Å². The number of hydrogen-bond donors (Lipinski definition) is 0. The van der Waals surface area contributed by atoms with Gasteiger partial charge in [-0.15, -0.1) is 0 Å². The van der Waals surface area contributed by atoms with Crippen molar-refractivity contribution >= 4 is 14.3 Å². The van der Waals surface area contributed by atoms with Gasteiger partial charge in [-0.2, -0.15) is 0 Å². The van der Waals surface area contributed by atoms with Crippen molar-refractivity contribution in [1.82, 2.24) is 0 Å². The molecule has 0 aliphatic heterocycles. The fourth-order valence-electron chi connectivity index (χ4n) is 1.83. The monoisotopic (exact) mass is 259 g/mol. The SMILES string of the molecule is CCCCC[CH2][Ge]([CH3])[CH2]CCCCC. The average Bonchev–Trinajstić information content (AvgIpc) is 2.19. The number of hydrogen-bond acceptors (Lipinski definition) is 0. The first kappa shape index (κ1) is 14.5. The predicted octanol–water partition coefficient (Wildman–Crippen LogP) is 5.27. The normalized spacial score (nSPS) is 11.1. The molecule has 0 saturated heterocycles. The summed E-state index contributed by atoms with van der Waals surface area (Å²) < 4.78 is 0. The van der Waals surface area contributed by atoms with Crippen molar-refractivity contribution < 1.29 is 0 Å². The maximum atomic E-state index is 2.60. The topological polar surface area (TPSA) is 0 Å². The second-order valence-electron chi connectivity index (χ2n) is 4.58. The first-order valence-corrected chi connectivity index (χ1v) is 11.7. The molecule has 0 fully saturated rings. The van der Waals surface area contributed by atoms with E-state index in [1.165, 1.54) is 51.4 Å². The third-order valence-corrected chi connectivity index (χ3v) is 7.98. The molecule has 0 aromatic carbocycles. The molecule has 0 aliphatic carbocycles. The summed E-state index contributed by atoms with van der Waals surface area (Å²) in [5.74, 6) is 2.60. The van der Waals surface area contributed by atoms with E-state index in [1.54, 1.807) is 10.5 Å². The van der Waals surface area contributed by atoms with Gasteiger partial charge in [-0.05, 0) is 0 Å². The van der Waals surface area contributed by atoms with Crippen molar-refractivity contribution in [2.24, 2.45) is 0 Å². The summed E-state index contributed by atoms with van der Waals surface area (Å²) in [5.41, 5.74) is 0. The Hall–Kier alpha value is 0.543. The van der Waals surface area contributed by atoms with E-state index in [2.05, 4.69) is 19.6 Å². The van der Waals surface area contributed by atoms with Crippen LogP contribution in [0.25, 0.3) is 0 Å². The maximum absolute atomic E-state index is 2.60. The summed E-state index contributed by atoms with van der Waals surface area (Å²) in [5, 5.41) is 3.26. The fraction of sp³-hybridized carbons (Fsp3) is 1.00. The zero-order valence-electron chi connectivity index (χ0n) is 10.6. The van der Waals surface area contributed by atoms with E-state index in [4.69, 9.17) is 0 Å². The van der Waals surface area contributed by atoms with Crippen LogP contribution in [0.5, 0.6) is 0 Å². The van der Waals surface area contributed by atoms with E-state index < -0.39 is 14.3 Å². The second-order valence-corrected chi connectivity index (χ2v) is 10.7. The van der Waals surface area contributed by atoms with E-state index in [1.807, 2.05) is 0 Å². The quantitative estimate of drug-likeness (QED) is 0.369. The summed E-state index contributed by atoms with van der Waals surface area (Å²) >= 11 is -0.540. The van der Waals surface area contributed by atoms with Crippen LogP contribution in [0.4, 0.5) is 0 Å². The molecule has 0 amide bonds. The van der Waals surface area contributed by atoms with Crippen molar-refractivity contribution in [2.75, 3.05) is 0 Å². The zero-order valence-corrected chi connectivity index (χ0v) is 12.7. The van der Waals surface area contributed by atoms with Gasteiger partial charge in [0.25, 0.3) is 0 Å². The molecule has 0 rings (SSSR count). The molecule has 0 N–H and O–H groups in total. The number of rotatable bonds is 10. The number of unbranched alkanes of at least 4 members (excludes halogenated alkanes) is 6. The molecule has 14 heavy (non-hydrogen) atoms. The summed E-state index contributed by atoms with van der Waals surface area (Å²) in [6, 6.07) is 0. The Morgan fingerprint density at radius 3 is 1.43 bits per heavy atom. The molecule has 0 aliphatic rings. The van der Waals surface area contributed by atoms with Crippen LogP contribution in [0.2, 0.25) is 16.3 Å². The fourth-order valence-corrected chi connectivity index (χ4v) is 5.94. The van der Waals surface area contributed by atoms with E-state index >= 15 is 0 Å². The summed E-state index contributed by atoms with van der Waals surface area (Å²) in [6.45, 7) is 4.60. The van der Waals surface area contributed by atoms with Crippen LogP contribution in [-0.2, 0) is 0 Å². The Balaban J connectivity index is 3.07. The molecule has 0 saturated carbocycles. The van der Waals surface area contributed by atoms with Crippen molar-refractivity contribution in [1.29, 1.82) is 0 Å². The van der Waals surface area contributed by atoms with Gasteiger partial charge in [-0.25, -0.2) is 0 Å². The van der Waals surface area contributed by atoms with Gasteiger partial charge in [0.2, 0.25) is 0 Å². The predicted molar refractivity (Wildman–Crippen MR) is 69.5 cm³/mol. The Morgan fingerprint density at radius 1 is 0.643 bits per heavy atom. The van der Waals surface area contributed by atoms with Gasteiger partial charge >= 0.3 is 95.8 Å². The van der Waals surface area contributed by atoms with Gasteiger partial charge in [0, 0.05) is 0 Å². The standard InChI is InChI=1S/C13H29Ge/c1-4-6-8-10-12-14(3)13-11-9-7-5-2/h4-13H2,1-3H3. The van der Waals surface area contributed by atoms with Crippen molar-refractivity contribution in [3.8, 4) is 0 Å². The molecule has 0 nitrogen and oxygen atoms in total. The Labute approximate surface area is 96.0 Å². The van der Waals surface area contributed by atoms with E-state index in [0.717, 1.165) is 0 Å². The molecular formula is C13H29Ge. The van der Waals surface area contributed by atoms with Gasteiger partial charge in [-0.1, -0.05) is 0 Å². The van der Waals surface area contributed by atoms with Crippen LogP contribution in [-0.4, -0.2) is 14.3 Å². The Morgan fingerprint density at radius 2 is 1.07 bits per heavy atom. The molecule has 1 radical (unpaired) electrons. The van der Waals surface area contributed by atoms with Gasteiger partial charge in [0.1, 0.15) is 0 Å². The van der Waals surface area contributed by atoms with E-state index in [9.17, 15) is 0 Å². The molecule has 0 heterocycles. The van der Waals surface area contributed by atoms with Crippen LogP contribution >= 0.6 is 0 Å². The van der Waals surface area contributed by atoms with Crippen molar-refractivity contribution in [3.63, 3.8) is 0 Å². The third-order valence-electron chi connectivity index (χ3n) is 2.91. The molecule has 0 aromatic heterocycles. The molecule has 0 unspecified atom stereocenters. The van der Waals surface area contributed by atoms with E-state index in [0.29, 0.717) is 0 Å². The molecule has 0 aromatic rings.